The molecule has 1 aliphatic carbocycles. The highest BCUT2D eigenvalue weighted by molar-refractivity contribution is 6.17. The van der Waals surface area contributed by atoms with Crippen LogP contribution in [0.2, 0.25) is 0 Å². The van der Waals surface area contributed by atoms with Crippen molar-refractivity contribution in [3.63, 3.8) is 0 Å². The van der Waals surface area contributed by atoms with Crippen molar-refractivity contribution in [2.45, 2.75) is 19.3 Å². The van der Waals surface area contributed by atoms with Crippen LogP contribution in [0.3, 0.4) is 0 Å². The number of rotatable bonds is 4. The molecule has 0 spiro atoms. The van der Waals surface area contributed by atoms with Gasteiger partial charge in [-0.05, 0) is 88.5 Å². The molecule has 0 radical (unpaired) electrons. The Morgan fingerprint density at radius 3 is 1.85 bits per heavy atom. The first-order chi connectivity index (χ1) is 27.0. The van der Waals surface area contributed by atoms with E-state index in [1.165, 1.54) is 22.3 Å². The Labute approximate surface area is 316 Å². The molecule has 0 saturated heterocycles. The van der Waals surface area contributed by atoms with Crippen molar-refractivity contribution in [2.75, 3.05) is 4.90 Å². The molecule has 0 fully saturated rings. The van der Waals surface area contributed by atoms with E-state index in [0.717, 1.165) is 94.0 Å². The molecule has 1 aliphatic rings. The normalized spacial score (nSPS) is 13.4. The number of benzene rings is 8. The van der Waals surface area contributed by atoms with E-state index in [-0.39, 0.29) is 5.41 Å². The van der Waals surface area contributed by atoms with Gasteiger partial charge in [-0.1, -0.05) is 111 Å². The molecule has 4 nitrogen and oxygen atoms in total. The fourth-order valence-corrected chi connectivity index (χ4v) is 9.17. The Morgan fingerprint density at radius 1 is 0.364 bits per heavy atom. The van der Waals surface area contributed by atoms with Gasteiger partial charge in [0.25, 0.3) is 0 Å². The first kappa shape index (κ1) is 30.4. The molecule has 0 N–H and O–H groups in total. The van der Waals surface area contributed by atoms with Gasteiger partial charge < -0.3 is 18.2 Å². The Bertz CT molecular complexity index is 3360. The van der Waals surface area contributed by atoms with Crippen LogP contribution < -0.4 is 4.90 Å². The van der Waals surface area contributed by atoms with E-state index in [4.69, 9.17) is 13.3 Å². The molecule has 0 saturated carbocycles. The molecular formula is C51H33NO3. The van der Waals surface area contributed by atoms with E-state index in [2.05, 4.69) is 164 Å². The molecule has 0 unspecified atom stereocenters. The van der Waals surface area contributed by atoms with Gasteiger partial charge in [0, 0.05) is 66.4 Å². The molecule has 0 atom stereocenters. The number of nitrogens with zero attached hydrogens (tertiary/aromatic N) is 1. The quantitative estimate of drug-likeness (QED) is 0.183. The van der Waals surface area contributed by atoms with Crippen LogP contribution in [0, 0.1) is 0 Å². The summed E-state index contributed by atoms with van der Waals surface area (Å²) >= 11 is 0. The maximum absolute atomic E-state index is 6.74. The Balaban J connectivity index is 1.04. The van der Waals surface area contributed by atoms with Crippen molar-refractivity contribution in [1.29, 1.82) is 0 Å². The lowest BCUT2D eigenvalue weighted by Crippen LogP contribution is -2.16. The SMILES string of the molecule is CC1(C)c2ccccc2-c2ccc(N(c3ccc4c(c3)oc3cc5c(cc34)oc3c(-c4ccccc4)cccc35)c3ccc4oc5ccccc5c4c3)cc21. The number of fused-ring (bicyclic) bond motifs is 12. The summed E-state index contributed by atoms with van der Waals surface area (Å²) in [5, 5.41) is 6.39. The first-order valence-electron chi connectivity index (χ1n) is 18.8. The van der Waals surface area contributed by atoms with E-state index in [1.54, 1.807) is 0 Å². The van der Waals surface area contributed by atoms with Gasteiger partial charge >= 0.3 is 0 Å². The van der Waals surface area contributed by atoms with E-state index in [1.807, 2.05) is 18.2 Å². The number of para-hydroxylation sites is 2. The van der Waals surface area contributed by atoms with Gasteiger partial charge in [-0.2, -0.15) is 0 Å². The molecule has 55 heavy (non-hydrogen) atoms. The summed E-state index contributed by atoms with van der Waals surface area (Å²) in [5.74, 6) is 0. The molecule has 8 aromatic carbocycles. The second kappa shape index (κ2) is 11.0. The summed E-state index contributed by atoms with van der Waals surface area (Å²) in [5.41, 5.74) is 15.7. The average Bonchev–Trinajstić information content (AvgIpc) is 3.95. The maximum atomic E-state index is 6.74. The second-order valence-corrected chi connectivity index (χ2v) is 15.3. The van der Waals surface area contributed by atoms with Crippen LogP contribution in [0.25, 0.3) is 88.1 Å². The lowest BCUT2D eigenvalue weighted by atomic mass is 9.82. The topological polar surface area (TPSA) is 42.7 Å². The van der Waals surface area contributed by atoms with Crippen LogP contribution in [0.1, 0.15) is 25.0 Å². The maximum Gasteiger partial charge on any atom is 0.143 e. The van der Waals surface area contributed by atoms with Crippen LogP contribution in [0.4, 0.5) is 17.1 Å². The van der Waals surface area contributed by atoms with Crippen molar-refractivity contribution in [1.82, 2.24) is 0 Å². The van der Waals surface area contributed by atoms with Gasteiger partial charge in [0.05, 0.1) is 0 Å². The third-order valence-electron chi connectivity index (χ3n) is 11.9. The molecule has 0 amide bonds. The summed E-state index contributed by atoms with van der Waals surface area (Å²) in [6, 6.07) is 58.1. The molecule has 3 aromatic heterocycles. The zero-order chi connectivity index (χ0) is 36.4. The standard InChI is InChI=1S/C51H33NO3/c1-51(2)43-17-8-6-13-35(43)36-22-19-32(26-44(36)51)52(31-21-24-46-40(25-31)37-14-7-9-18-45(37)53-46)33-20-23-38-41-28-49-42(29-48(41)54-47(38)27-33)39-16-10-15-34(50(39)55-49)30-11-4-3-5-12-30/h3-29H,1-2H3. The van der Waals surface area contributed by atoms with Gasteiger partial charge in [0.15, 0.2) is 0 Å². The van der Waals surface area contributed by atoms with Crippen molar-refractivity contribution in [3.05, 3.63) is 175 Å². The van der Waals surface area contributed by atoms with E-state index in [0.29, 0.717) is 0 Å². The van der Waals surface area contributed by atoms with Crippen LogP contribution in [0.5, 0.6) is 0 Å². The monoisotopic (exact) mass is 707 g/mol. The van der Waals surface area contributed by atoms with Crippen LogP contribution in [0.15, 0.2) is 177 Å². The third kappa shape index (κ3) is 4.34. The molecule has 12 rings (SSSR count). The summed E-state index contributed by atoms with van der Waals surface area (Å²) in [4.78, 5) is 2.34. The predicted octanol–water partition coefficient (Wildman–Crippen LogP) is 14.8. The molecule has 11 aromatic rings. The summed E-state index contributed by atoms with van der Waals surface area (Å²) in [7, 11) is 0. The van der Waals surface area contributed by atoms with Crippen molar-refractivity contribution < 1.29 is 13.3 Å². The number of furan rings is 3. The summed E-state index contributed by atoms with van der Waals surface area (Å²) in [6.07, 6.45) is 0. The molecular weight excluding hydrogens is 675 g/mol. The Hall–Kier alpha value is -7.04. The zero-order valence-electron chi connectivity index (χ0n) is 30.3. The summed E-state index contributed by atoms with van der Waals surface area (Å²) < 4.78 is 19.6. The van der Waals surface area contributed by atoms with Crippen LogP contribution in [-0.2, 0) is 5.41 Å². The molecule has 3 heterocycles. The molecule has 260 valence electrons. The van der Waals surface area contributed by atoms with Crippen molar-refractivity contribution >= 4 is 82.9 Å². The van der Waals surface area contributed by atoms with E-state index < -0.39 is 0 Å². The molecule has 4 heteroatoms. The van der Waals surface area contributed by atoms with Gasteiger partial charge in [0.2, 0.25) is 0 Å². The number of anilines is 3. The third-order valence-corrected chi connectivity index (χ3v) is 11.9. The minimum Gasteiger partial charge on any atom is -0.456 e. The second-order valence-electron chi connectivity index (χ2n) is 15.3. The lowest BCUT2D eigenvalue weighted by Gasteiger charge is -2.28. The van der Waals surface area contributed by atoms with E-state index in [9.17, 15) is 0 Å². The highest BCUT2D eigenvalue weighted by Crippen LogP contribution is 2.51. The Morgan fingerprint density at radius 2 is 0.945 bits per heavy atom. The van der Waals surface area contributed by atoms with Crippen LogP contribution >= 0.6 is 0 Å². The fourth-order valence-electron chi connectivity index (χ4n) is 9.17. The number of hydrogen-bond donors (Lipinski definition) is 0. The Kier molecular flexibility index (Phi) is 6.09. The minimum absolute atomic E-state index is 0.135. The average molecular weight is 708 g/mol. The minimum atomic E-state index is -0.135. The lowest BCUT2D eigenvalue weighted by molar-refractivity contribution is 0.660. The van der Waals surface area contributed by atoms with Gasteiger partial charge in [0.1, 0.15) is 33.5 Å². The van der Waals surface area contributed by atoms with Gasteiger partial charge in [-0.3, -0.25) is 0 Å². The van der Waals surface area contributed by atoms with Gasteiger partial charge in [-0.25, -0.2) is 0 Å². The highest BCUT2D eigenvalue weighted by atomic mass is 16.3. The smallest absolute Gasteiger partial charge is 0.143 e. The fraction of sp³-hybridized carbons (Fsp3) is 0.0588. The largest absolute Gasteiger partial charge is 0.456 e. The predicted molar refractivity (Wildman–Crippen MR) is 226 cm³/mol. The zero-order valence-corrected chi connectivity index (χ0v) is 30.3. The highest BCUT2D eigenvalue weighted by Gasteiger charge is 2.36. The summed E-state index contributed by atoms with van der Waals surface area (Å²) in [6.45, 7) is 4.66. The number of hydrogen-bond acceptors (Lipinski definition) is 4. The molecule has 0 aliphatic heterocycles. The first-order valence-corrected chi connectivity index (χ1v) is 18.8. The van der Waals surface area contributed by atoms with Crippen LogP contribution in [-0.4, -0.2) is 0 Å². The van der Waals surface area contributed by atoms with Crippen molar-refractivity contribution in [3.8, 4) is 22.3 Å². The van der Waals surface area contributed by atoms with E-state index >= 15 is 0 Å². The molecule has 0 bridgehead atoms. The van der Waals surface area contributed by atoms with Gasteiger partial charge in [-0.15, -0.1) is 0 Å². The van der Waals surface area contributed by atoms with Crippen molar-refractivity contribution in [2.24, 2.45) is 0 Å².